The summed E-state index contributed by atoms with van der Waals surface area (Å²) >= 11 is 0. The van der Waals surface area contributed by atoms with Crippen LogP contribution >= 0.6 is 0 Å². The molecule has 0 bridgehead atoms. The fourth-order valence-corrected chi connectivity index (χ4v) is 2.19. The molecule has 128 valence electrons. The van der Waals surface area contributed by atoms with Crippen molar-refractivity contribution in [1.29, 1.82) is 0 Å². The Morgan fingerprint density at radius 2 is 1.60 bits per heavy atom. The Labute approximate surface area is 141 Å². The number of hydrogen-bond acceptors (Lipinski definition) is 5. The van der Waals surface area contributed by atoms with Crippen molar-refractivity contribution in [2.24, 2.45) is 0 Å². The van der Waals surface area contributed by atoms with Gasteiger partial charge < -0.3 is 10.6 Å². The Bertz CT molecular complexity index is 852. The second kappa shape index (κ2) is 7.61. The minimum atomic E-state index is -0.743. The predicted molar refractivity (Wildman–Crippen MR) is 88.1 cm³/mol. The molecule has 25 heavy (non-hydrogen) atoms. The van der Waals surface area contributed by atoms with Gasteiger partial charge in [-0.2, -0.15) is 10.1 Å². The van der Waals surface area contributed by atoms with E-state index < -0.39 is 11.6 Å². The minimum Gasteiger partial charge on any atom is -0.353 e. The lowest BCUT2D eigenvalue weighted by Gasteiger charge is -2.09. The zero-order valence-electron chi connectivity index (χ0n) is 13.0. The molecular weight excluding hydrogens is 331 g/mol. The highest BCUT2D eigenvalue weighted by Crippen LogP contribution is 2.21. The average molecular weight is 345 g/mol. The largest absolute Gasteiger partial charge is 0.353 e. The third-order valence-electron chi connectivity index (χ3n) is 3.41. The van der Waals surface area contributed by atoms with E-state index in [0.717, 1.165) is 12.1 Å². The van der Waals surface area contributed by atoms with Crippen LogP contribution < -0.4 is 10.6 Å². The van der Waals surface area contributed by atoms with Crippen LogP contribution in [0.4, 0.5) is 30.6 Å². The molecule has 0 unspecified atom stereocenters. The second-order valence-electron chi connectivity index (χ2n) is 5.16. The van der Waals surface area contributed by atoms with E-state index in [1.54, 1.807) is 18.2 Å². The summed E-state index contributed by atoms with van der Waals surface area (Å²) in [6.45, 7) is 0.375. The fourth-order valence-electron chi connectivity index (χ4n) is 2.19. The number of nitrogens with zero attached hydrogens (tertiary/aromatic N) is 3. The van der Waals surface area contributed by atoms with Gasteiger partial charge in [0, 0.05) is 6.54 Å². The summed E-state index contributed by atoms with van der Waals surface area (Å²) in [6.07, 6.45) is 1.67. The lowest BCUT2D eigenvalue weighted by Crippen LogP contribution is -2.10. The molecule has 2 aromatic carbocycles. The van der Waals surface area contributed by atoms with Gasteiger partial charge in [0.15, 0.2) is 5.82 Å². The summed E-state index contributed by atoms with van der Waals surface area (Å²) in [5.74, 6) is -1.47. The Hall–Kier alpha value is -3.16. The number of hydrogen-bond donors (Lipinski definition) is 2. The molecule has 0 radical (unpaired) electrons. The van der Waals surface area contributed by atoms with E-state index in [1.807, 2.05) is 0 Å². The van der Waals surface area contributed by atoms with Gasteiger partial charge in [-0.15, -0.1) is 5.10 Å². The quantitative estimate of drug-likeness (QED) is 0.713. The van der Waals surface area contributed by atoms with Crippen LogP contribution in [0.15, 0.2) is 48.7 Å². The smallest absolute Gasteiger partial charge is 0.244 e. The summed E-state index contributed by atoms with van der Waals surface area (Å²) < 4.78 is 40.8. The normalized spacial score (nSPS) is 10.5. The van der Waals surface area contributed by atoms with Crippen LogP contribution in [0.3, 0.4) is 0 Å². The molecule has 2 N–H and O–H groups in total. The number of benzene rings is 2. The predicted octanol–water partition coefficient (Wildman–Crippen LogP) is 3.69. The van der Waals surface area contributed by atoms with Crippen molar-refractivity contribution < 1.29 is 13.2 Å². The second-order valence-corrected chi connectivity index (χ2v) is 5.16. The first-order chi connectivity index (χ1) is 12.1. The number of aromatic nitrogens is 3. The lowest BCUT2D eigenvalue weighted by atomic mass is 10.1. The molecule has 0 amide bonds. The van der Waals surface area contributed by atoms with E-state index in [9.17, 15) is 13.2 Å². The van der Waals surface area contributed by atoms with Gasteiger partial charge in [-0.25, -0.2) is 13.2 Å². The average Bonchev–Trinajstić information content (AvgIpc) is 2.60. The molecule has 0 saturated heterocycles. The van der Waals surface area contributed by atoms with Crippen molar-refractivity contribution in [3.63, 3.8) is 0 Å². The highest BCUT2D eigenvalue weighted by molar-refractivity contribution is 5.57. The van der Waals surface area contributed by atoms with Gasteiger partial charge >= 0.3 is 0 Å². The van der Waals surface area contributed by atoms with Crippen molar-refractivity contribution in [3.8, 4) is 0 Å². The molecule has 1 aromatic heterocycles. The van der Waals surface area contributed by atoms with E-state index in [1.165, 1.54) is 18.3 Å². The zero-order chi connectivity index (χ0) is 17.6. The first-order valence-electron chi connectivity index (χ1n) is 7.51. The van der Waals surface area contributed by atoms with E-state index in [2.05, 4.69) is 25.8 Å². The molecular formula is C17H14F3N5. The lowest BCUT2D eigenvalue weighted by molar-refractivity contribution is 0.590. The van der Waals surface area contributed by atoms with Crippen molar-refractivity contribution in [2.45, 2.75) is 6.42 Å². The van der Waals surface area contributed by atoms with Gasteiger partial charge in [0.1, 0.15) is 23.1 Å². The van der Waals surface area contributed by atoms with Gasteiger partial charge in [0.25, 0.3) is 0 Å². The third-order valence-corrected chi connectivity index (χ3v) is 3.41. The van der Waals surface area contributed by atoms with E-state index >= 15 is 0 Å². The summed E-state index contributed by atoms with van der Waals surface area (Å²) in [5.41, 5.74) is 0.242. The fraction of sp³-hybridized carbons (Fsp3) is 0.118. The Balaban J connectivity index is 1.65. The van der Waals surface area contributed by atoms with Crippen LogP contribution in [0.5, 0.6) is 0 Å². The molecule has 5 nitrogen and oxygen atoms in total. The van der Waals surface area contributed by atoms with Crippen LogP contribution in [0.1, 0.15) is 5.56 Å². The minimum absolute atomic E-state index is 0.132. The Kier molecular flexibility index (Phi) is 5.08. The first-order valence-corrected chi connectivity index (χ1v) is 7.51. The highest BCUT2D eigenvalue weighted by Gasteiger charge is 2.10. The van der Waals surface area contributed by atoms with E-state index in [4.69, 9.17) is 0 Å². The van der Waals surface area contributed by atoms with Gasteiger partial charge in [-0.05, 0) is 30.2 Å². The van der Waals surface area contributed by atoms with E-state index in [-0.39, 0.29) is 23.3 Å². The molecule has 1 heterocycles. The van der Waals surface area contributed by atoms with Crippen molar-refractivity contribution in [1.82, 2.24) is 15.2 Å². The third kappa shape index (κ3) is 4.23. The maximum Gasteiger partial charge on any atom is 0.244 e. The maximum absolute atomic E-state index is 13.6. The molecule has 0 saturated carbocycles. The molecule has 3 rings (SSSR count). The number of halogens is 3. The van der Waals surface area contributed by atoms with Crippen LogP contribution in [-0.2, 0) is 6.42 Å². The Morgan fingerprint density at radius 1 is 0.880 bits per heavy atom. The van der Waals surface area contributed by atoms with Crippen LogP contribution in [0.2, 0.25) is 0 Å². The number of para-hydroxylation sites is 1. The van der Waals surface area contributed by atoms with Crippen LogP contribution in [0.25, 0.3) is 0 Å². The maximum atomic E-state index is 13.6. The number of nitrogens with one attached hydrogen (secondary N) is 2. The van der Waals surface area contributed by atoms with Gasteiger partial charge in [-0.3, -0.25) is 0 Å². The summed E-state index contributed by atoms with van der Waals surface area (Å²) in [7, 11) is 0. The topological polar surface area (TPSA) is 62.7 Å². The SMILES string of the molecule is Fc1ccccc1CCNc1nncc(Nc2c(F)cccc2F)n1. The summed E-state index contributed by atoms with van der Waals surface area (Å²) in [6, 6.07) is 9.99. The van der Waals surface area contributed by atoms with Crippen LogP contribution in [0, 0.1) is 17.5 Å². The van der Waals surface area contributed by atoms with Crippen molar-refractivity contribution in [3.05, 3.63) is 71.7 Å². The van der Waals surface area contributed by atoms with Crippen LogP contribution in [-0.4, -0.2) is 21.7 Å². The molecule has 8 heteroatoms. The summed E-state index contributed by atoms with van der Waals surface area (Å²) in [4.78, 5) is 4.08. The van der Waals surface area contributed by atoms with Gasteiger partial charge in [0.2, 0.25) is 5.95 Å². The first kappa shape index (κ1) is 16.7. The number of anilines is 3. The molecule has 0 aliphatic heterocycles. The van der Waals surface area contributed by atoms with Gasteiger partial charge in [-0.1, -0.05) is 24.3 Å². The molecule has 0 spiro atoms. The monoisotopic (exact) mass is 345 g/mol. The van der Waals surface area contributed by atoms with Gasteiger partial charge in [0.05, 0.1) is 6.20 Å². The molecule has 3 aromatic rings. The zero-order valence-corrected chi connectivity index (χ0v) is 13.0. The van der Waals surface area contributed by atoms with Crippen molar-refractivity contribution in [2.75, 3.05) is 17.2 Å². The highest BCUT2D eigenvalue weighted by atomic mass is 19.1. The molecule has 0 atom stereocenters. The molecule has 0 fully saturated rings. The summed E-state index contributed by atoms with van der Waals surface area (Å²) in [5, 5.41) is 12.9. The molecule has 0 aliphatic rings. The standard InChI is InChI=1S/C17H14F3N5/c18-12-5-2-1-4-11(12)8-9-21-17-24-15(10-22-25-17)23-16-13(19)6-3-7-14(16)20/h1-7,10H,8-9H2,(H2,21,23,24,25). The number of rotatable bonds is 6. The molecule has 0 aliphatic carbocycles. The Morgan fingerprint density at radius 3 is 2.36 bits per heavy atom. The van der Waals surface area contributed by atoms with Crippen molar-refractivity contribution >= 4 is 17.5 Å². The van der Waals surface area contributed by atoms with E-state index in [0.29, 0.717) is 18.5 Å².